The lowest BCUT2D eigenvalue weighted by atomic mass is 9.99. The van der Waals surface area contributed by atoms with Gasteiger partial charge in [-0.25, -0.2) is 0 Å². The first-order valence-corrected chi connectivity index (χ1v) is 8.95. The van der Waals surface area contributed by atoms with Crippen LogP contribution >= 0.6 is 0 Å². The Bertz CT molecular complexity index is 985. The number of fused-ring (bicyclic) bond motifs is 1. The molecular formula is C21H20N2O6. The van der Waals surface area contributed by atoms with Gasteiger partial charge in [-0.1, -0.05) is 12.1 Å². The summed E-state index contributed by atoms with van der Waals surface area (Å²) < 4.78 is 10.1. The van der Waals surface area contributed by atoms with Gasteiger partial charge in [0, 0.05) is 11.3 Å². The quantitative estimate of drug-likeness (QED) is 0.546. The van der Waals surface area contributed by atoms with Crippen LogP contribution in [0.15, 0.2) is 42.5 Å². The normalized spacial score (nSPS) is 14.6. The van der Waals surface area contributed by atoms with Gasteiger partial charge in [0.1, 0.15) is 12.3 Å². The first kappa shape index (κ1) is 20.1. The van der Waals surface area contributed by atoms with E-state index in [2.05, 4.69) is 10.6 Å². The van der Waals surface area contributed by atoms with Crippen LogP contribution in [-0.4, -0.2) is 43.8 Å². The highest BCUT2D eigenvalue weighted by atomic mass is 16.5. The zero-order valence-electron chi connectivity index (χ0n) is 16.0. The summed E-state index contributed by atoms with van der Waals surface area (Å²) in [6.45, 7) is 0.904. The number of para-hydroxylation sites is 1. The lowest BCUT2D eigenvalue weighted by Crippen LogP contribution is -2.31. The van der Waals surface area contributed by atoms with Gasteiger partial charge in [0.25, 0.3) is 5.91 Å². The molecule has 0 fully saturated rings. The molecule has 0 radical (unpaired) electrons. The highest BCUT2D eigenvalue weighted by Crippen LogP contribution is 2.32. The van der Waals surface area contributed by atoms with Crippen LogP contribution in [0.5, 0.6) is 5.75 Å². The number of hydrogen-bond acceptors (Lipinski definition) is 6. The third-order valence-electron chi connectivity index (χ3n) is 4.60. The maximum atomic E-state index is 12.3. The number of methoxy groups -OCH3 is 1. The van der Waals surface area contributed by atoms with Crippen molar-refractivity contribution in [1.82, 2.24) is 5.32 Å². The van der Waals surface area contributed by atoms with Crippen LogP contribution in [0.1, 0.15) is 39.1 Å². The molecule has 0 spiro atoms. The Morgan fingerprint density at radius 1 is 1.14 bits per heavy atom. The summed E-state index contributed by atoms with van der Waals surface area (Å²) >= 11 is 0. The summed E-state index contributed by atoms with van der Waals surface area (Å²) in [7, 11) is 1.44. The molecule has 29 heavy (non-hydrogen) atoms. The van der Waals surface area contributed by atoms with Crippen LogP contribution in [0.4, 0.5) is 5.69 Å². The van der Waals surface area contributed by atoms with Crippen molar-refractivity contribution >= 4 is 29.3 Å². The second-order valence-corrected chi connectivity index (χ2v) is 6.48. The molecule has 2 N–H and O–H groups in total. The standard InChI is InChI=1S/C21H20N2O6/c1-12-15-9-13(7-8-16(15)23-20(12)26)17(24)11-29-19(25)10-22-21(27)14-5-3-4-6-18(14)28-2/h3-9,12H,10-11H2,1-2H3,(H,22,27)(H,23,26)/t12-/m1/s1. The van der Waals surface area contributed by atoms with Gasteiger partial charge in [-0.05, 0) is 42.8 Å². The largest absolute Gasteiger partial charge is 0.496 e. The molecule has 0 unspecified atom stereocenters. The molecule has 2 amide bonds. The minimum Gasteiger partial charge on any atom is -0.496 e. The van der Waals surface area contributed by atoms with Crippen LogP contribution in [0.25, 0.3) is 0 Å². The number of ketones is 1. The minimum absolute atomic E-state index is 0.123. The van der Waals surface area contributed by atoms with E-state index in [9.17, 15) is 19.2 Å². The molecule has 1 heterocycles. The second kappa shape index (κ2) is 8.55. The highest BCUT2D eigenvalue weighted by molar-refractivity contribution is 6.05. The third-order valence-corrected chi connectivity index (χ3v) is 4.60. The van der Waals surface area contributed by atoms with E-state index in [1.54, 1.807) is 49.4 Å². The molecule has 3 rings (SSSR count). The first-order chi connectivity index (χ1) is 13.9. The molecule has 1 aliphatic rings. The Morgan fingerprint density at radius 2 is 1.90 bits per heavy atom. The number of rotatable bonds is 7. The second-order valence-electron chi connectivity index (χ2n) is 6.48. The average molecular weight is 396 g/mol. The fourth-order valence-electron chi connectivity index (χ4n) is 2.95. The van der Waals surface area contributed by atoms with Crippen LogP contribution < -0.4 is 15.4 Å². The topological polar surface area (TPSA) is 111 Å². The third kappa shape index (κ3) is 4.43. The van der Waals surface area contributed by atoms with Crippen molar-refractivity contribution in [1.29, 1.82) is 0 Å². The highest BCUT2D eigenvalue weighted by Gasteiger charge is 2.27. The Morgan fingerprint density at radius 3 is 2.66 bits per heavy atom. The Hall–Kier alpha value is -3.68. The summed E-state index contributed by atoms with van der Waals surface area (Å²) in [5, 5.41) is 5.16. The molecular weight excluding hydrogens is 376 g/mol. The van der Waals surface area contributed by atoms with E-state index in [1.807, 2.05) is 0 Å². The van der Waals surface area contributed by atoms with Crippen LogP contribution in [0.3, 0.4) is 0 Å². The Balaban J connectivity index is 1.51. The van der Waals surface area contributed by atoms with E-state index in [0.29, 0.717) is 17.0 Å². The van der Waals surface area contributed by atoms with Gasteiger partial charge in [-0.15, -0.1) is 0 Å². The van der Waals surface area contributed by atoms with Gasteiger partial charge in [-0.2, -0.15) is 0 Å². The first-order valence-electron chi connectivity index (χ1n) is 8.95. The summed E-state index contributed by atoms with van der Waals surface area (Å²) in [6, 6.07) is 11.4. The van der Waals surface area contributed by atoms with E-state index >= 15 is 0 Å². The van der Waals surface area contributed by atoms with Gasteiger partial charge in [0.15, 0.2) is 12.4 Å². The molecule has 0 saturated heterocycles. The van der Waals surface area contributed by atoms with Gasteiger partial charge in [-0.3, -0.25) is 19.2 Å². The number of carbonyl (C=O) groups excluding carboxylic acids is 4. The fourth-order valence-corrected chi connectivity index (χ4v) is 2.95. The SMILES string of the molecule is COc1ccccc1C(=O)NCC(=O)OCC(=O)c1ccc2c(c1)[C@@H](C)C(=O)N2. The van der Waals surface area contributed by atoms with Crippen molar-refractivity contribution in [3.05, 3.63) is 59.2 Å². The molecule has 0 aliphatic carbocycles. The number of carbonyl (C=O) groups is 4. The molecule has 0 aromatic heterocycles. The molecule has 1 atom stereocenters. The molecule has 1 aliphatic heterocycles. The maximum Gasteiger partial charge on any atom is 0.325 e. The van der Waals surface area contributed by atoms with Crippen molar-refractivity contribution < 1.29 is 28.7 Å². The Labute approximate surface area is 167 Å². The van der Waals surface area contributed by atoms with Gasteiger partial charge < -0.3 is 20.1 Å². The monoisotopic (exact) mass is 396 g/mol. The molecule has 2 aromatic carbocycles. The zero-order chi connectivity index (χ0) is 21.0. The summed E-state index contributed by atoms with van der Waals surface area (Å²) in [6.07, 6.45) is 0. The minimum atomic E-state index is -0.743. The van der Waals surface area contributed by atoms with Crippen molar-refractivity contribution in [2.75, 3.05) is 25.6 Å². The number of benzene rings is 2. The predicted molar refractivity (Wildman–Crippen MR) is 104 cm³/mol. The van der Waals surface area contributed by atoms with Crippen molar-refractivity contribution in [3.8, 4) is 5.75 Å². The number of nitrogens with one attached hydrogen (secondary N) is 2. The predicted octanol–water partition coefficient (Wildman–Crippen LogP) is 1.91. The van der Waals surface area contributed by atoms with E-state index in [0.717, 1.165) is 5.56 Å². The number of anilines is 1. The maximum absolute atomic E-state index is 12.3. The van der Waals surface area contributed by atoms with Gasteiger partial charge in [0.2, 0.25) is 5.91 Å². The smallest absolute Gasteiger partial charge is 0.325 e. The summed E-state index contributed by atoms with van der Waals surface area (Å²) in [5.41, 5.74) is 2.04. The van der Waals surface area contributed by atoms with Gasteiger partial charge >= 0.3 is 5.97 Å². The van der Waals surface area contributed by atoms with E-state index < -0.39 is 24.3 Å². The lowest BCUT2D eigenvalue weighted by molar-refractivity contribution is -0.141. The van der Waals surface area contributed by atoms with Crippen molar-refractivity contribution in [2.45, 2.75) is 12.8 Å². The molecule has 8 nitrogen and oxygen atoms in total. The average Bonchev–Trinajstić information content (AvgIpc) is 3.03. The summed E-state index contributed by atoms with van der Waals surface area (Å²) in [4.78, 5) is 48.0. The number of hydrogen-bond donors (Lipinski definition) is 2. The van der Waals surface area contributed by atoms with Gasteiger partial charge in [0.05, 0.1) is 18.6 Å². The Kier molecular flexibility index (Phi) is 5.92. The number of amides is 2. The van der Waals surface area contributed by atoms with Crippen LogP contribution in [0.2, 0.25) is 0 Å². The number of esters is 1. The fraction of sp³-hybridized carbons (Fsp3) is 0.238. The zero-order valence-corrected chi connectivity index (χ0v) is 16.0. The van der Waals surface area contributed by atoms with E-state index in [-0.39, 0.29) is 23.9 Å². The van der Waals surface area contributed by atoms with Crippen LogP contribution in [-0.2, 0) is 14.3 Å². The molecule has 8 heteroatoms. The van der Waals surface area contributed by atoms with Crippen molar-refractivity contribution in [3.63, 3.8) is 0 Å². The summed E-state index contributed by atoms with van der Waals surface area (Å²) in [5.74, 6) is -1.72. The van der Waals surface area contributed by atoms with Crippen molar-refractivity contribution in [2.24, 2.45) is 0 Å². The molecule has 150 valence electrons. The van der Waals surface area contributed by atoms with Crippen LogP contribution in [0, 0.1) is 0 Å². The molecule has 2 aromatic rings. The molecule has 0 saturated carbocycles. The van der Waals surface area contributed by atoms with E-state index in [1.165, 1.54) is 7.11 Å². The number of Topliss-reactive ketones (excluding diaryl/α,β-unsaturated/α-hetero) is 1. The van der Waals surface area contributed by atoms with E-state index in [4.69, 9.17) is 9.47 Å². The lowest BCUT2D eigenvalue weighted by Gasteiger charge is -2.09. The number of ether oxygens (including phenoxy) is 2. The molecule has 0 bridgehead atoms.